The third-order valence-corrected chi connectivity index (χ3v) is 8.49. The van der Waals surface area contributed by atoms with Gasteiger partial charge in [-0.15, -0.1) is 0 Å². The van der Waals surface area contributed by atoms with Crippen LogP contribution in [0.25, 0.3) is 0 Å². The summed E-state index contributed by atoms with van der Waals surface area (Å²) >= 11 is 0. The van der Waals surface area contributed by atoms with Crippen molar-refractivity contribution >= 4 is 5.78 Å². The molecule has 0 amide bonds. The Morgan fingerprint density at radius 3 is 2.96 bits per heavy atom. The smallest absolute Gasteiger partial charge is 0.161 e. The maximum absolute atomic E-state index is 12.3. The number of aliphatic hydroxyl groups excluding tert-OH is 1. The van der Waals surface area contributed by atoms with Gasteiger partial charge in [0.05, 0.1) is 19.3 Å². The van der Waals surface area contributed by atoms with Crippen LogP contribution in [-0.4, -0.2) is 30.2 Å². The first-order chi connectivity index (χ1) is 11.0. The number of rotatable bonds is 0. The van der Waals surface area contributed by atoms with Gasteiger partial charge in [0.15, 0.2) is 5.78 Å². The lowest BCUT2D eigenvalue weighted by Crippen LogP contribution is -2.57. The van der Waals surface area contributed by atoms with Crippen molar-refractivity contribution in [2.45, 2.75) is 58.0 Å². The van der Waals surface area contributed by atoms with Crippen LogP contribution >= 0.6 is 0 Å². The maximum atomic E-state index is 12.3. The molecule has 3 saturated carbocycles. The summed E-state index contributed by atoms with van der Waals surface area (Å²) in [6.07, 6.45) is 9.74. The van der Waals surface area contributed by atoms with Crippen molar-refractivity contribution in [1.29, 1.82) is 0 Å². The summed E-state index contributed by atoms with van der Waals surface area (Å²) in [5.74, 6) is 2.48. The van der Waals surface area contributed by atoms with Gasteiger partial charge < -0.3 is 9.84 Å². The van der Waals surface area contributed by atoms with E-state index in [-0.39, 0.29) is 22.9 Å². The van der Waals surface area contributed by atoms with Gasteiger partial charge >= 0.3 is 0 Å². The van der Waals surface area contributed by atoms with Crippen LogP contribution in [0.2, 0.25) is 0 Å². The van der Waals surface area contributed by atoms with Gasteiger partial charge in [0.1, 0.15) is 0 Å². The number of hydrogen-bond acceptors (Lipinski definition) is 3. The SMILES string of the molecule is CC12CCC3C(CCC4=CC(=O)C5COCC43C5)C1CCC2O. The quantitative estimate of drug-likeness (QED) is 0.747. The Balaban J connectivity index is 1.55. The highest BCUT2D eigenvalue weighted by Gasteiger charge is 2.61. The topological polar surface area (TPSA) is 46.5 Å². The molecule has 1 aliphatic heterocycles. The molecule has 1 saturated heterocycles. The molecule has 4 aliphatic carbocycles. The number of carbonyl (C=O) groups is 1. The molecule has 5 rings (SSSR count). The first kappa shape index (κ1) is 14.7. The predicted molar refractivity (Wildman–Crippen MR) is 86.7 cm³/mol. The van der Waals surface area contributed by atoms with E-state index >= 15 is 0 Å². The van der Waals surface area contributed by atoms with E-state index in [0.29, 0.717) is 24.2 Å². The fourth-order valence-corrected chi connectivity index (χ4v) is 7.27. The van der Waals surface area contributed by atoms with Gasteiger partial charge in [-0.25, -0.2) is 0 Å². The van der Waals surface area contributed by atoms with E-state index in [1.807, 2.05) is 6.08 Å². The molecule has 5 aliphatic rings. The number of fused-ring (bicyclic) bond motifs is 4. The van der Waals surface area contributed by atoms with E-state index in [4.69, 9.17) is 4.74 Å². The fourth-order valence-electron chi connectivity index (χ4n) is 7.27. The average Bonchev–Trinajstić information content (AvgIpc) is 2.85. The lowest BCUT2D eigenvalue weighted by molar-refractivity contribution is -0.146. The maximum Gasteiger partial charge on any atom is 0.161 e. The van der Waals surface area contributed by atoms with E-state index in [1.54, 1.807) is 0 Å². The molecule has 7 unspecified atom stereocenters. The molecule has 3 heteroatoms. The van der Waals surface area contributed by atoms with E-state index in [0.717, 1.165) is 38.2 Å². The van der Waals surface area contributed by atoms with Crippen molar-refractivity contribution in [2.75, 3.05) is 13.2 Å². The van der Waals surface area contributed by atoms with Crippen molar-refractivity contribution in [2.24, 2.45) is 34.5 Å². The second-order valence-electron chi connectivity index (χ2n) is 9.20. The monoisotopic (exact) mass is 316 g/mol. The molecule has 0 aromatic carbocycles. The Morgan fingerprint density at radius 2 is 2.09 bits per heavy atom. The molecule has 126 valence electrons. The number of aliphatic hydroxyl groups is 1. The molecule has 3 nitrogen and oxygen atoms in total. The van der Waals surface area contributed by atoms with Gasteiger partial charge in [-0.05, 0) is 74.2 Å². The summed E-state index contributed by atoms with van der Waals surface area (Å²) in [5, 5.41) is 10.5. The lowest BCUT2D eigenvalue weighted by atomic mass is 9.46. The van der Waals surface area contributed by atoms with Crippen LogP contribution in [0.15, 0.2) is 11.6 Å². The zero-order valence-corrected chi connectivity index (χ0v) is 14.1. The third kappa shape index (κ3) is 1.76. The van der Waals surface area contributed by atoms with Crippen LogP contribution in [0.5, 0.6) is 0 Å². The second kappa shape index (κ2) is 4.70. The lowest BCUT2D eigenvalue weighted by Gasteiger charge is -2.60. The van der Waals surface area contributed by atoms with Crippen LogP contribution in [0, 0.1) is 34.5 Å². The largest absolute Gasteiger partial charge is 0.393 e. The molecule has 1 heterocycles. The normalized spacial score (nSPS) is 54.8. The summed E-state index contributed by atoms with van der Waals surface area (Å²) < 4.78 is 5.96. The second-order valence-corrected chi connectivity index (χ2v) is 9.20. The minimum absolute atomic E-state index is 0.105. The van der Waals surface area contributed by atoms with Gasteiger partial charge in [-0.2, -0.15) is 0 Å². The molecule has 7 atom stereocenters. The molecule has 1 N–H and O–H groups in total. The zero-order valence-electron chi connectivity index (χ0n) is 14.1. The summed E-state index contributed by atoms with van der Waals surface area (Å²) in [6.45, 7) is 3.79. The first-order valence-electron chi connectivity index (χ1n) is 9.55. The van der Waals surface area contributed by atoms with E-state index in [9.17, 15) is 9.90 Å². The fraction of sp³-hybridized carbons (Fsp3) is 0.850. The van der Waals surface area contributed by atoms with Gasteiger partial charge in [0.2, 0.25) is 0 Å². The minimum atomic E-state index is -0.105. The first-order valence-corrected chi connectivity index (χ1v) is 9.55. The van der Waals surface area contributed by atoms with Gasteiger partial charge in [-0.1, -0.05) is 12.5 Å². The van der Waals surface area contributed by atoms with Crippen LogP contribution in [0.3, 0.4) is 0 Å². The molecule has 4 fully saturated rings. The zero-order chi connectivity index (χ0) is 15.8. The molecule has 2 bridgehead atoms. The van der Waals surface area contributed by atoms with E-state index in [2.05, 4.69) is 6.92 Å². The van der Waals surface area contributed by atoms with Gasteiger partial charge in [0.25, 0.3) is 0 Å². The molecule has 0 aromatic heterocycles. The average molecular weight is 316 g/mol. The van der Waals surface area contributed by atoms with Crippen LogP contribution in [0.1, 0.15) is 51.9 Å². The van der Waals surface area contributed by atoms with Crippen molar-refractivity contribution in [1.82, 2.24) is 0 Å². The Kier molecular flexibility index (Phi) is 2.99. The number of ether oxygens (including phenoxy) is 1. The highest BCUT2D eigenvalue weighted by atomic mass is 16.5. The summed E-state index contributed by atoms with van der Waals surface area (Å²) in [4.78, 5) is 12.3. The standard InChI is InChI=1S/C20H28O3/c1-19-7-6-16-14(15(19)4-5-18(19)22)3-2-13-8-17(21)12-9-20(13,16)11-23-10-12/h8,12,14-16,18,22H,2-7,9-11H2,1H3. The Labute approximate surface area is 138 Å². The summed E-state index contributed by atoms with van der Waals surface area (Å²) in [5.41, 5.74) is 1.69. The number of ketones is 1. The molecular weight excluding hydrogens is 288 g/mol. The third-order valence-electron chi connectivity index (χ3n) is 8.49. The Morgan fingerprint density at radius 1 is 1.22 bits per heavy atom. The van der Waals surface area contributed by atoms with Crippen molar-refractivity contribution in [3.8, 4) is 0 Å². The van der Waals surface area contributed by atoms with Gasteiger partial charge in [-0.3, -0.25) is 4.79 Å². The van der Waals surface area contributed by atoms with Gasteiger partial charge in [0, 0.05) is 11.3 Å². The van der Waals surface area contributed by atoms with Crippen molar-refractivity contribution in [3.05, 3.63) is 11.6 Å². The molecule has 23 heavy (non-hydrogen) atoms. The van der Waals surface area contributed by atoms with Crippen molar-refractivity contribution < 1.29 is 14.6 Å². The van der Waals surface area contributed by atoms with Crippen LogP contribution < -0.4 is 0 Å². The molecular formula is C20H28O3. The molecule has 0 radical (unpaired) electrons. The van der Waals surface area contributed by atoms with E-state index < -0.39 is 0 Å². The van der Waals surface area contributed by atoms with E-state index in [1.165, 1.54) is 24.8 Å². The highest BCUT2D eigenvalue weighted by Crippen LogP contribution is 2.66. The van der Waals surface area contributed by atoms with Crippen LogP contribution in [-0.2, 0) is 9.53 Å². The van der Waals surface area contributed by atoms with Crippen molar-refractivity contribution in [3.63, 3.8) is 0 Å². The Hall–Kier alpha value is -0.670. The predicted octanol–water partition coefficient (Wildman–Crippen LogP) is 3.12. The summed E-state index contributed by atoms with van der Waals surface area (Å²) in [7, 11) is 0. The minimum Gasteiger partial charge on any atom is -0.393 e. The number of carbonyl (C=O) groups excluding carboxylic acids is 1. The molecule has 0 aromatic rings. The molecule has 1 spiro atoms. The highest BCUT2D eigenvalue weighted by molar-refractivity contribution is 5.94. The summed E-state index contributed by atoms with van der Waals surface area (Å²) in [6, 6.07) is 0. The Bertz CT molecular complexity index is 581. The number of hydrogen-bond donors (Lipinski definition) is 1. The van der Waals surface area contributed by atoms with Crippen LogP contribution in [0.4, 0.5) is 0 Å².